The van der Waals surface area contributed by atoms with Crippen molar-refractivity contribution in [1.82, 2.24) is 14.8 Å². The van der Waals surface area contributed by atoms with Crippen molar-refractivity contribution < 1.29 is 9.18 Å². The van der Waals surface area contributed by atoms with Crippen LogP contribution >= 0.6 is 11.8 Å². The van der Waals surface area contributed by atoms with Crippen LogP contribution in [-0.2, 0) is 24.2 Å². The van der Waals surface area contributed by atoms with Gasteiger partial charge in [-0.1, -0.05) is 62.0 Å². The van der Waals surface area contributed by atoms with Crippen LogP contribution < -0.4 is 5.32 Å². The second-order valence-electron chi connectivity index (χ2n) is 6.68. The fourth-order valence-electron chi connectivity index (χ4n) is 3.24. The number of halogens is 1. The Kier molecular flexibility index (Phi) is 7.41. The maximum Gasteiger partial charge on any atom is 0.234 e. The van der Waals surface area contributed by atoms with E-state index in [1.807, 2.05) is 18.2 Å². The Morgan fingerprint density at radius 1 is 1.13 bits per heavy atom. The Bertz CT molecular complexity index is 1030. The molecule has 1 aromatic heterocycles. The molecule has 0 aliphatic heterocycles. The Hall–Kier alpha value is -2.93. The van der Waals surface area contributed by atoms with E-state index >= 15 is 0 Å². The summed E-state index contributed by atoms with van der Waals surface area (Å²) in [6.07, 6.45) is 3.38. The fraction of sp³-hybridized carbons (Fsp3) is 0.261. The van der Waals surface area contributed by atoms with Gasteiger partial charge < -0.3 is 5.32 Å². The second kappa shape index (κ2) is 10.2. The average Bonchev–Trinajstić information content (AvgIpc) is 3.15. The molecule has 0 radical (unpaired) electrons. The first-order valence-corrected chi connectivity index (χ1v) is 10.9. The summed E-state index contributed by atoms with van der Waals surface area (Å²) in [5.41, 5.74) is 3.49. The van der Waals surface area contributed by atoms with Crippen molar-refractivity contribution in [2.24, 2.45) is 0 Å². The Morgan fingerprint density at radius 2 is 1.83 bits per heavy atom. The number of aryl methyl sites for hydroxylation is 2. The number of anilines is 1. The number of carbonyl (C=O) groups excluding carboxylic acids is 1. The van der Waals surface area contributed by atoms with Crippen molar-refractivity contribution >= 4 is 23.4 Å². The van der Waals surface area contributed by atoms with Gasteiger partial charge in [-0.3, -0.25) is 9.36 Å². The third-order valence-electron chi connectivity index (χ3n) is 4.74. The van der Waals surface area contributed by atoms with Gasteiger partial charge in [-0.15, -0.1) is 16.8 Å². The van der Waals surface area contributed by atoms with Crippen molar-refractivity contribution in [3.63, 3.8) is 0 Å². The van der Waals surface area contributed by atoms with E-state index in [9.17, 15) is 9.18 Å². The molecule has 1 amide bonds. The number of rotatable bonds is 9. The van der Waals surface area contributed by atoms with E-state index < -0.39 is 0 Å². The van der Waals surface area contributed by atoms with Gasteiger partial charge in [-0.2, -0.15) is 0 Å². The van der Waals surface area contributed by atoms with Gasteiger partial charge in [0, 0.05) is 12.2 Å². The summed E-state index contributed by atoms with van der Waals surface area (Å²) in [6.45, 7) is 8.32. The highest BCUT2D eigenvalue weighted by atomic mass is 32.2. The van der Waals surface area contributed by atoms with Crippen LogP contribution in [0.1, 0.15) is 25.0 Å². The third kappa shape index (κ3) is 4.79. The lowest BCUT2D eigenvalue weighted by atomic mass is 10.0. The molecule has 5 nitrogen and oxygen atoms in total. The number of allylic oxidation sites excluding steroid dienone is 1. The van der Waals surface area contributed by atoms with Crippen LogP contribution in [0.15, 0.2) is 60.3 Å². The topological polar surface area (TPSA) is 59.8 Å². The van der Waals surface area contributed by atoms with Crippen LogP contribution in [0, 0.1) is 5.82 Å². The summed E-state index contributed by atoms with van der Waals surface area (Å²) in [7, 11) is 0. The van der Waals surface area contributed by atoms with Crippen molar-refractivity contribution in [2.75, 3.05) is 11.1 Å². The summed E-state index contributed by atoms with van der Waals surface area (Å²) in [5, 5.41) is 11.9. The predicted molar refractivity (Wildman–Crippen MR) is 120 cm³/mol. The van der Waals surface area contributed by atoms with Crippen LogP contribution in [0.4, 0.5) is 10.1 Å². The molecule has 0 spiro atoms. The van der Waals surface area contributed by atoms with Crippen molar-refractivity contribution in [2.45, 2.75) is 38.4 Å². The standard InChI is InChI=1S/C23H25FN4OS/c1-4-14-28-22(18-12-7-8-13-19(18)24)26-27-23(28)30-15-20(29)25-21-16(5-2)10-9-11-17(21)6-3/h4,7-13H,1,5-6,14-15H2,2-3H3,(H,25,29). The van der Waals surface area contributed by atoms with Crippen LogP contribution in [-0.4, -0.2) is 26.4 Å². The monoisotopic (exact) mass is 424 g/mol. The van der Waals surface area contributed by atoms with E-state index in [0.29, 0.717) is 23.1 Å². The highest BCUT2D eigenvalue weighted by molar-refractivity contribution is 7.99. The Balaban J connectivity index is 1.77. The lowest BCUT2D eigenvalue weighted by Gasteiger charge is -2.14. The number of nitrogens with one attached hydrogen (secondary N) is 1. The van der Waals surface area contributed by atoms with E-state index in [-0.39, 0.29) is 17.5 Å². The van der Waals surface area contributed by atoms with Crippen LogP contribution in [0.2, 0.25) is 0 Å². The number of thioether (sulfide) groups is 1. The summed E-state index contributed by atoms with van der Waals surface area (Å²) >= 11 is 1.27. The van der Waals surface area contributed by atoms with Gasteiger partial charge in [0.1, 0.15) is 5.82 Å². The largest absolute Gasteiger partial charge is 0.325 e. The smallest absolute Gasteiger partial charge is 0.234 e. The number of hydrogen-bond donors (Lipinski definition) is 1. The number of amides is 1. The highest BCUT2D eigenvalue weighted by Gasteiger charge is 2.18. The van der Waals surface area contributed by atoms with E-state index in [1.54, 1.807) is 28.8 Å². The first kappa shape index (κ1) is 21.8. The SMILES string of the molecule is C=CCn1c(SCC(=O)Nc2c(CC)cccc2CC)nnc1-c1ccccc1F. The van der Waals surface area contributed by atoms with E-state index in [0.717, 1.165) is 29.7 Å². The van der Waals surface area contributed by atoms with Crippen LogP contribution in [0.3, 0.4) is 0 Å². The molecule has 1 N–H and O–H groups in total. The van der Waals surface area contributed by atoms with Crippen molar-refractivity contribution in [3.05, 3.63) is 72.1 Å². The minimum Gasteiger partial charge on any atom is -0.325 e. The normalized spacial score (nSPS) is 10.8. The second-order valence-corrected chi connectivity index (χ2v) is 7.62. The molecule has 2 aromatic carbocycles. The molecule has 7 heteroatoms. The number of aromatic nitrogens is 3. The number of nitrogens with zero attached hydrogens (tertiary/aromatic N) is 3. The minimum atomic E-state index is -0.368. The Morgan fingerprint density at radius 3 is 2.47 bits per heavy atom. The molecule has 1 heterocycles. The lowest BCUT2D eigenvalue weighted by Crippen LogP contribution is -2.17. The quantitative estimate of drug-likeness (QED) is 0.382. The number of benzene rings is 2. The van der Waals surface area contributed by atoms with E-state index in [1.165, 1.54) is 17.8 Å². The minimum absolute atomic E-state index is 0.115. The molecule has 0 fully saturated rings. The highest BCUT2D eigenvalue weighted by Crippen LogP contribution is 2.27. The molecule has 0 bridgehead atoms. The molecule has 3 aromatic rings. The van der Waals surface area contributed by atoms with Gasteiger partial charge in [-0.05, 0) is 36.1 Å². The molecule has 0 saturated carbocycles. The van der Waals surface area contributed by atoms with E-state index in [4.69, 9.17) is 0 Å². The molecule has 0 atom stereocenters. The van der Waals surface area contributed by atoms with Crippen LogP contribution in [0.25, 0.3) is 11.4 Å². The summed E-state index contributed by atoms with van der Waals surface area (Å²) in [6, 6.07) is 12.5. The maximum absolute atomic E-state index is 14.2. The molecule has 3 rings (SSSR count). The summed E-state index contributed by atoms with van der Waals surface area (Å²) in [4.78, 5) is 12.7. The number of carbonyl (C=O) groups is 1. The summed E-state index contributed by atoms with van der Waals surface area (Å²) < 4.78 is 16.0. The van der Waals surface area contributed by atoms with Gasteiger partial charge in [0.25, 0.3) is 0 Å². The molecular formula is C23H25FN4OS. The molecule has 30 heavy (non-hydrogen) atoms. The fourth-order valence-corrected chi connectivity index (χ4v) is 3.99. The van der Waals surface area contributed by atoms with Gasteiger partial charge in [0.15, 0.2) is 11.0 Å². The van der Waals surface area contributed by atoms with Gasteiger partial charge >= 0.3 is 0 Å². The van der Waals surface area contributed by atoms with Crippen molar-refractivity contribution in [1.29, 1.82) is 0 Å². The van der Waals surface area contributed by atoms with Crippen molar-refractivity contribution in [3.8, 4) is 11.4 Å². The van der Waals surface area contributed by atoms with E-state index in [2.05, 4.69) is 35.9 Å². The Labute approximate surface area is 180 Å². The zero-order valence-electron chi connectivity index (χ0n) is 17.2. The average molecular weight is 425 g/mol. The first-order chi connectivity index (χ1) is 14.6. The van der Waals surface area contributed by atoms with Gasteiger partial charge in [0.2, 0.25) is 5.91 Å². The molecule has 156 valence electrons. The lowest BCUT2D eigenvalue weighted by molar-refractivity contribution is -0.113. The number of hydrogen-bond acceptors (Lipinski definition) is 4. The maximum atomic E-state index is 14.2. The molecular weight excluding hydrogens is 399 g/mol. The third-order valence-corrected chi connectivity index (χ3v) is 5.71. The first-order valence-electron chi connectivity index (χ1n) is 9.91. The molecule has 0 aliphatic rings. The summed E-state index contributed by atoms with van der Waals surface area (Å²) in [5.74, 6) is 0.109. The van der Waals surface area contributed by atoms with Crippen LogP contribution in [0.5, 0.6) is 0 Å². The zero-order valence-corrected chi connectivity index (χ0v) is 18.0. The number of para-hydroxylation sites is 1. The zero-order chi connectivity index (χ0) is 21.5. The molecule has 0 aliphatic carbocycles. The van der Waals surface area contributed by atoms with Gasteiger partial charge in [0.05, 0.1) is 11.3 Å². The van der Waals surface area contributed by atoms with Gasteiger partial charge in [-0.25, -0.2) is 4.39 Å². The molecule has 0 saturated heterocycles. The molecule has 0 unspecified atom stereocenters. The predicted octanol–water partition coefficient (Wildman–Crippen LogP) is 5.13.